The van der Waals surface area contributed by atoms with E-state index in [0.29, 0.717) is 13.2 Å². The second-order valence-electron chi connectivity index (χ2n) is 5.75. The van der Waals surface area contributed by atoms with E-state index in [1.807, 2.05) is 18.2 Å². The van der Waals surface area contributed by atoms with Crippen LogP contribution in [0, 0.1) is 0 Å². The normalized spacial score (nSPS) is 24.2. The molecular weight excluding hydrogens is 282 g/mol. The molecule has 0 radical (unpaired) electrons. The monoisotopic (exact) mass is 303 g/mol. The minimum absolute atomic E-state index is 0.101. The zero-order chi connectivity index (χ0) is 15.4. The maximum absolute atomic E-state index is 11.9. The van der Waals surface area contributed by atoms with Gasteiger partial charge in [-0.15, -0.1) is 0 Å². The Morgan fingerprint density at radius 1 is 1.14 bits per heavy atom. The third-order valence-electron chi connectivity index (χ3n) is 4.04. The number of carbonyl (C=O) groups is 1. The quantitative estimate of drug-likeness (QED) is 0.837. The van der Waals surface area contributed by atoms with E-state index in [-0.39, 0.29) is 18.1 Å². The first-order valence-electron chi connectivity index (χ1n) is 7.77. The summed E-state index contributed by atoms with van der Waals surface area (Å²) in [7, 11) is 0. The van der Waals surface area contributed by atoms with E-state index in [0.717, 1.165) is 42.7 Å². The number of aliphatic hydroxyl groups excluding tert-OH is 1. The molecule has 1 saturated carbocycles. The molecule has 0 unspecified atom stereocenters. The van der Waals surface area contributed by atoms with Crippen LogP contribution in [0.4, 0.5) is 0 Å². The SMILES string of the molecule is O=C(/C=C/c1ccc2c(c1)OCCO2)NC1CCC(O)CC1. The summed E-state index contributed by atoms with van der Waals surface area (Å²) in [5.74, 6) is 1.36. The zero-order valence-electron chi connectivity index (χ0n) is 12.5. The van der Waals surface area contributed by atoms with Crippen molar-refractivity contribution in [1.29, 1.82) is 0 Å². The van der Waals surface area contributed by atoms with Crippen LogP contribution in [-0.2, 0) is 4.79 Å². The van der Waals surface area contributed by atoms with Crippen LogP contribution in [0.15, 0.2) is 24.3 Å². The average molecular weight is 303 g/mol. The number of nitrogens with one attached hydrogen (secondary N) is 1. The van der Waals surface area contributed by atoms with Gasteiger partial charge >= 0.3 is 0 Å². The first-order chi connectivity index (χ1) is 10.7. The number of carbonyl (C=O) groups excluding carboxylic acids is 1. The number of rotatable bonds is 3. The van der Waals surface area contributed by atoms with Gasteiger partial charge in [0.1, 0.15) is 13.2 Å². The number of hydrogen-bond acceptors (Lipinski definition) is 4. The fraction of sp³-hybridized carbons (Fsp3) is 0.471. The predicted octanol–water partition coefficient (Wildman–Crippen LogP) is 1.89. The zero-order valence-corrected chi connectivity index (χ0v) is 12.5. The lowest BCUT2D eigenvalue weighted by atomic mass is 9.93. The van der Waals surface area contributed by atoms with Crippen molar-refractivity contribution in [2.24, 2.45) is 0 Å². The molecule has 1 fully saturated rings. The second kappa shape index (κ2) is 6.83. The van der Waals surface area contributed by atoms with Gasteiger partial charge in [0.05, 0.1) is 6.10 Å². The van der Waals surface area contributed by atoms with Crippen LogP contribution in [0.3, 0.4) is 0 Å². The molecule has 1 aromatic carbocycles. The molecule has 1 heterocycles. The van der Waals surface area contributed by atoms with Crippen LogP contribution >= 0.6 is 0 Å². The van der Waals surface area contributed by atoms with Gasteiger partial charge in [0.25, 0.3) is 0 Å². The van der Waals surface area contributed by atoms with Gasteiger partial charge in [0.2, 0.25) is 5.91 Å². The standard InChI is InChI=1S/C17H21NO4/c19-14-5-3-13(4-6-14)18-17(20)8-2-12-1-7-15-16(11-12)22-10-9-21-15/h1-2,7-8,11,13-14,19H,3-6,9-10H2,(H,18,20)/b8-2+. The molecule has 0 saturated heterocycles. The predicted molar refractivity (Wildman–Crippen MR) is 82.9 cm³/mol. The topological polar surface area (TPSA) is 67.8 Å². The molecule has 0 atom stereocenters. The van der Waals surface area contributed by atoms with Gasteiger partial charge < -0.3 is 19.9 Å². The minimum atomic E-state index is -0.207. The lowest BCUT2D eigenvalue weighted by Crippen LogP contribution is -2.37. The highest BCUT2D eigenvalue weighted by Crippen LogP contribution is 2.31. The molecule has 2 aliphatic rings. The van der Waals surface area contributed by atoms with Crippen LogP contribution in [-0.4, -0.2) is 36.4 Å². The Morgan fingerprint density at radius 3 is 2.64 bits per heavy atom. The highest BCUT2D eigenvalue weighted by Gasteiger charge is 2.19. The summed E-state index contributed by atoms with van der Waals surface area (Å²) in [6.45, 7) is 1.12. The fourth-order valence-corrected chi connectivity index (χ4v) is 2.80. The smallest absolute Gasteiger partial charge is 0.244 e. The summed E-state index contributed by atoms with van der Waals surface area (Å²) in [6.07, 6.45) is 6.30. The molecule has 1 amide bonds. The first-order valence-corrected chi connectivity index (χ1v) is 7.77. The van der Waals surface area contributed by atoms with Crippen molar-refractivity contribution in [3.8, 4) is 11.5 Å². The highest BCUT2D eigenvalue weighted by atomic mass is 16.6. The average Bonchev–Trinajstić information content (AvgIpc) is 2.55. The third kappa shape index (κ3) is 3.80. The Hall–Kier alpha value is -2.01. The molecule has 5 heteroatoms. The van der Waals surface area contributed by atoms with Crippen LogP contribution in [0.2, 0.25) is 0 Å². The Labute approximate surface area is 129 Å². The summed E-state index contributed by atoms with van der Waals surface area (Å²) >= 11 is 0. The van der Waals surface area contributed by atoms with Crippen molar-refractivity contribution >= 4 is 12.0 Å². The molecule has 118 valence electrons. The summed E-state index contributed by atoms with van der Waals surface area (Å²) in [5, 5.41) is 12.4. The summed E-state index contributed by atoms with van der Waals surface area (Å²) in [5.41, 5.74) is 0.901. The van der Waals surface area contributed by atoms with Crippen molar-refractivity contribution in [3.05, 3.63) is 29.8 Å². The van der Waals surface area contributed by atoms with Crippen molar-refractivity contribution in [3.63, 3.8) is 0 Å². The molecule has 1 aliphatic carbocycles. The van der Waals surface area contributed by atoms with Crippen molar-refractivity contribution in [1.82, 2.24) is 5.32 Å². The molecule has 1 aromatic rings. The largest absolute Gasteiger partial charge is 0.486 e. The van der Waals surface area contributed by atoms with Gasteiger partial charge in [-0.3, -0.25) is 4.79 Å². The van der Waals surface area contributed by atoms with E-state index >= 15 is 0 Å². The summed E-state index contributed by atoms with van der Waals surface area (Å²) in [6, 6.07) is 5.79. The highest BCUT2D eigenvalue weighted by molar-refractivity contribution is 5.92. The van der Waals surface area contributed by atoms with E-state index in [9.17, 15) is 9.90 Å². The lowest BCUT2D eigenvalue weighted by molar-refractivity contribution is -0.117. The Bertz CT molecular complexity index is 562. The molecule has 2 N–H and O–H groups in total. The van der Waals surface area contributed by atoms with Crippen LogP contribution in [0.5, 0.6) is 11.5 Å². The Morgan fingerprint density at radius 2 is 1.86 bits per heavy atom. The maximum atomic E-state index is 11.9. The van der Waals surface area contributed by atoms with E-state index < -0.39 is 0 Å². The Kier molecular flexibility index (Phi) is 4.63. The van der Waals surface area contributed by atoms with Gasteiger partial charge in [-0.25, -0.2) is 0 Å². The van der Waals surface area contributed by atoms with E-state index in [4.69, 9.17) is 9.47 Å². The van der Waals surface area contributed by atoms with E-state index in [1.54, 1.807) is 6.08 Å². The molecule has 1 aliphatic heterocycles. The van der Waals surface area contributed by atoms with Gasteiger partial charge in [-0.05, 0) is 49.5 Å². The molecule has 5 nitrogen and oxygen atoms in total. The molecular formula is C17H21NO4. The minimum Gasteiger partial charge on any atom is -0.486 e. The van der Waals surface area contributed by atoms with Gasteiger partial charge in [-0.2, -0.15) is 0 Å². The first kappa shape index (κ1) is 14.9. The van der Waals surface area contributed by atoms with Crippen LogP contribution in [0.1, 0.15) is 31.2 Å². The molecule has 0 aromatic heterocycles. The number of amides is 1. The van der Waals surface area contributed by atoms with Crippen molar-refractivity contribution < 1.29 is 19.4 Å². The van der Waals surface area contributed by atoms with E-state index in [1.165, 1.54) is 6.08 Å². The second-order valence-corrected chi connectivity index (χ2v) is 5.75. The maximum Gasteiger partial charge on any atom is 0.244 e. The van der Waals surface area contributed by atoms with E-state index in [2.05, 4.69) is 5.32 Å². The van der Waals surface area contributed by atoms with Crippen molar-refractivity contribution in [2.75, 3.05) is 13.2 Å². The Balaban J connectivity index is 1.55. The molecule has 3 rings (SSSR count). The van der Waals surface area contributed by atoms with Crippen LogP contribution < -0.4 is 14.8 Å². The molecule has 22 heavy (non-hydrogen) atoms. The van der Waals surface area contributed by atoms with Crippen LogP contribution in [0.25, 0.3) is 6.08 Å². The third-order valence-corrected chi connectivity index (χ3v) is 4.04. The van der Waals surface area contributed by atoms with Crippen molar-refractivity contribution in [2.45, 2.75) is 37.8 Å². The van der Waals surface area contributed by atoms with Gasteiger partial charge in [0.15, 0.2) is 11.5 Å². The number of aliphatic hydroxyl groups is 1. The number of benzene rings is 1. The molecule has 0 spiro atoms. The van der Waals surface area contributed by atoms with Gasteiger partial charge in [0, 0.05) is 12.1 Å². The number of ether oxygens (including phenoxy) is 2. The lowest BCUT2D eigenvalue weighted by Gasteiger charge is -2.25. The number of hydrogen-bond donors (Lipinski definition) is 2. The van der Waals surface area contributed by atoms with Gasteiger partial charge in [-0.1, -0.05) is 6.07 Å². The summed E-state index contributed by atoms with van der Waals surface area (Å²) in [4.78, 5) is 11.9. The summed E-state index contributed by atoms with van der Waals surface area (Å²) < 4.78 is 11.0. The number of fused-ring (bicyclic) bond motifs is 1. The molecule has 0 bridgehead atoms. The fourth-order valence-electron chi connectivity index (χ4n) is 2.80.